The number of rotatable bonds is 5. The molecule has 5 rings (SSSR count). The fraction of sp³-hybridized carbons (Fsp3) is 0.481. The Morgan fingerprint density at radius 1 is 1.22 bits per heavy atom. The van der Waals surface area contributed by atoms with E-state index in [-0.39, 0.29) is 24.0 Å². The van der Waals surface area contributed by atoms with Crippen LogP contribution < -0.4 is 20.5 Å². The van der Waals surface area contributed by atoms with Crippen LogP contribution in [0.2, 0.25) is 0 Å². The van der Waals surface area contributed by atoms with Crippen LogP contribution in [0.1, 0.15) is 80.3 Å². The number of pyridine rings is 1. The lowest BCUT2D eigenvalue weighted by Gasteiger charge is -2.41. The molecule has 196 valence electrons. The second-order valence-electron chi connectivity index (χ2n) is 9.88. The molecule has 37 heavy (non-hydrogen) atoms. The zero-order valence-electron chi connectivity index (χ0n) is 21.3. The number of carbonyl (C=O) groups excluding carboxylic acids is 2. The predicted octanol–water partition coefficient (Wildman–Crippen LogP) is 2.62. The fourth-order valence-electron chi connectivity index (χ4n) is 5.39. The minimum Gasteiger partial charge on any atom is -0.491 e. The van der Waals surface area contributed by atoms with Crippen LogP contribution in [0.4, 0.5) is 0 Å². The molecule has 0 aliphatic carbocycles. The average Bonchev–Trinajstić information content (AvgIpc) is 2.90. The Hall–Kier alpha value is -3.66. The van der Waals surface area contributed by atoms with Crippen LogP contribution in [-0.4, -0.2) is 57.1 Å². The van der Waals surface area contributed by atoms with Gasteiger partial charge in [-0.05, 0) is 38.0 Å². The maximum absolute atomic E-state index is 13.3. The fourth-order valence-corrected chi connectivity index (χ4v) is 5.39. The van der Waals surface area contributed by atoms with Crippen molar-refractivity contribution in [3.8, 4) is 11.5 Å². The Balaban J connectivity index is 1.44. The van der Waals surface area contributed by atoms with Crippen LogP contribution >= 0.6 is 0 Å². The number of amides is 2. The first kappa shape index (κ1) is 25.0. The molecule has 0 saturated heterocycles. The Labute approximate surface area is 215 Å². The molecule has 0 spiro atoms. The molecule has 0 bridgehead atoms. The molecule has 1 aromatic carbocycles. The van der Waals surface area contributed by atoms with Crippen LogP contribution in [0, 0.1) is 0 Å². The third-order valence-electron chi connectivity index (χ3n) is 7.73. The third kappa shape index (κ3) is 4.39. The highest BCUT2D eigenvalue weighted by atomic mass is 16.5. The van der Waals surface area contributed by atoms with Gasteiger partial charge in [-0.3, -0.25) is 14.5 Å². The van der Waals surface area contributed by atoms with Gasteiger partial charge in [-0.15, -0.1) is 0 Å². The zero-order chi connectivity index (χ0) is 26.3. The molecule has 3 aliphatic rings. The maximum atomic E-state index is 13.3. The number of carbonyl (C=O) groups is 2. The smallest absolute Gasteiger partial charge is 0.270 e. The van der Waals surface area contributed by atoms with E-state index in [2.05, 4.69) is 10.3 Å². The Kier molecular flexibility index (Phi) is 6.53. The largest absolute Gasteiger partial charge is 0.491 e. The molecule has 10 heteroatoms. The maximum Gasteiger partial charge on any atom is 0.270 e. The van der Waals surface area contributed by atoms with E-state index >= 15 is 0 Å². The second-order valence-corrected chi connectivity index (χ2v) is 9.88. The van der Waals surface area contributed by atoms with E-state index < -0.39 is 35.7 Å². The number of aromatic nitrogens is 1. The number of ether oxygens (including phenoxy) is 2. The van der Waals surface area contributed by atoms with Crippen molar-refractivity contribution in [3.63, 3.8) is 0 Å². The number of guanidine groups is 1. The minimum atomic E-state index is -0.938. The van der Waals surface area contributed by atoms with Gasteiger partial charge in [0.25, 0.3) is 5.91 Å². The number of hydrogen-bond donors (Lipinski definition) is 3. The Bertz CT molecular complexity index is 1240. The molecule has 2 amide bonds. The van der Waals surface area contributed by atoms with E-state index in [1.807, 2.05) is 38.1 Å². The normalized spacial score (nSPS) is 26.2. The molecule has 4 N–H and O–H groups in total. The number of aliphatic hydroxyl groups excluding tert-OH is 1. The van der Waals surface area contributed by atoms with E-state index in [9.17, 15) is 14.7 Å². The first-order chi connectivity index (χ1) is 17.8. The minimum absolute atomic E-state index is 0.110. The SMILES string of the molecule is CCC1(CC)CC(=O)N([C@@H]2CCOc3ccc(C(=O)N[C@@H]4c5ccccc5OC(C)C4O)nc32)C(N)=N1. The van der Waals surface area contributed by atoms with Gasteiger partial charge in [0.05, 0.1) is 30.7 Å². The standard InChI is InChI=1S/C27H33N5O5/c1-4-27(5-2)14-21(33)32(26(28)31-27)18-12-13-36-20-11-10-17(29-23(18)20)25(35)30-22-16-8-6-7-9-19(16)37-15(3)24(22)34/h6-11,15,18,22,24,34H,4-5,12-14H2,1-3H3,(H2,28,31)(H,30,35)/t15?,18-,22-,24?/m1/s1. The average molecular weight is 508 g/mol. The highest BCUT2D eigenvalue weighted by Gasteiger charge is 2.42. The van der Waals surface area contributed by atoms with Crippen LogP contribution in [-0.2, 0) is 4.79 Å². The Morgan fingerprint density at radius 3 is 2.70 bits per heavy atom. The van der Waals surface area contributed by atoms with Gasteiger partial charge in [0.15, 0.2) is 5.96 Å². The number of aliphatic imine (C=N–C) groups is 1. The second kappa shape index (κ2) is 9.66. The van der Waals surface area contributed by atoms with Gasteiger partial charge in [-0.1, -0.05) is 32.0 Å². The van der Waals surface area contributed by atoms with Crippen molar-refractivity contribution < 1.29 is 24.2 Å². The summed E-state index contributed by atoms with van der Waals surface area (Å²) in [5, 5.41) is 13.7. The van der Waals surface area contributed by atoms with Crippen molar-refractivity contribution in [1.29, 1.82) is 0 Å². The first-order valence-electron chi connectivity index (χ1n) is 12.8. The van der Waals surface area contributed by atoms with Gasteiger partial charge in [-0.25, -0.2) is 9.98 Å². The summed E-state index contributed by atoms with van der Waals surface area (Å²) in [6.07, 6.45) is 0.744. The quantitative estimate of drug-likeness (QED) is 0.565. The number of nitrogens with zero attached hydrogens (tertiary/aromatic N) is 3. The summed E-state index contributed by atoms with van der Waals surface area (Å²) in [4.78, 5) is 37.5. The zero-order valence-corrected chi connectivity index (χ0v) is 21.3. The summed E-state index contributed by atoms with van der Waals surface area (Å²) in [6.45, 7) is 6.16. The van der Waals surface area contributed by atoms with Gasteiger partial charge in [0.1, 0.15) is 35.1 Å². The van der Waals surface area contributed by atoms with Gasteiger partial charge >= 0.3 is 0 Å². The predicted molar refractivity (Wildman–Crippen MR) is 136 cm³/mol. The number of hydrogen-bond acceptors (Lipinski definition) is 8. The summed E-state index contributed by atoms with van der Waals surface area (Å²) in [5.41, 5.74) is 7.17. The molecule has 10 nitrogen and oxygen atoms in total. The van der Waals surface area contributed by atoms with Crippen molar-refractivity contribution in [2.75, 3.05) is 6.61 Å². The molecule has 2 aromatic rings. The lowest BCUT2D eigenvalue weighted by atomic mass is 9.87. The molecular weight excluding hydrogens is 474 g/mol. The monoisotopic (exact) mass is 507 g/mol. The number of nitrogens with one attached hydrogen (secondary N) is 1. The molecule has 0 saturated carbocycles. The number of benzene rings is 1. The van der Waals surface area contributed by atoms with Crippen LogP contribution in [0.3, 0.4) is 0 Å². The van der Waals surface area contributed by atoms with E-state index in [1.54, 1.807) is 19.1 Å². The molecule has 4 atom stereocenters. The molecular formula is C27H33N5O5. The lowest BCUT2D eigenvalue weighted by Crippen LogP contribution is -2.53. The van der Waals surface area contributed by atoms with Crippen molar-refractivity contribution in [1.82, 2.24) is 15.2 Å². The van der Waals surface area contributed by atoms with E-state index in [4.69, 9.17) is 20.2 Å². The van der Waals surface area contributed by atoms with E-state index in [0.717, 1.165) is 12.8 Å². The molecule has 1 aromatic heterocycles. The lowest BCUT2D eigenvalue weighted by molar-refractivity contribution is -0.132. The third-order valence-corrected chi connectivity index (χ3v) is 7.73. The summed E-state index contributed by atoms with van der Waals surface area (Å²) in [5.74, 6) is 0.724. The number of nitrogens with two attached hydrogens (primary N) is 1. The van der Waals surface area contributed by atoms with Gasteiger partial charge < -0.3 is 25.6 Å². The molecule has 0 radical (unpaired) electrons. The van der Waals surface area contributed by atoms with Gasteiger partial charge in [0.2, 0.25) is 5.91 Å². The van der Waals surface area contributed by atoms with E-state index in [0.29, 0.717) is 35.8 Å². The topological polar surface area (TPSA) is 139 Å². The molecule has 2 unspecified atom stereocenters. The summed E-state index contributed by atoms with van der Waals surface area (Å²) in [7, 11) is 0. The summed E-state index contributed by atoms with van der Waals surface area (Å²) >= 11 is 0. The van der Waals surface area contributed by atoms with Crippen LogP contribution in [0.25, 0.3) is 0 Å². The number of fused-ring (bicyclic) bond motifs is 2. The molecule has 3 aliphatic heterocycles. The van der Waals surface area contributed by atoms with Gasteiger partial charge in [0, 0.05) is 12.0 Å². The van der Waals surface area contributed by atoms with Crippen LogP contribution in [0.15, 0.2) is 41.4 Å². The van der Waals surface area contributed by atoms with E-state index in [1.165, 1.54) is 4.90 Å². The van der Waals surface area contributed by atoms with Gasteiger partial charge in [-0.2, -0.15) is 0 Å². The Morgan fingerprint density at radius 2 is 1.97 bits per heavy atom. The summed E-state index contributed by atoms with van der Waals surface area (Å²) in [6, 6.07) is 9.40. The highest BCUT2D eigenvalue weighted by Crippen LogP contribution is 2.39. The molecule has 4 heterocycles. The van der Waals surface area contributed by atoms with Crippen molar-refractivity contribution in [2.45, 2.75) is 76.3 Å². The van der Waals surface area contributed by atoms with Crippen LogP contribution in [0.5, 0.6) is 11.5 Å². The van der Waals surface area contributed by atoms with Crippen molar-refractivity contribution in [3.05, 3.63) is 53.3 Å². The van der Waals surface area contributed by atoms with Crippen molar-refractivity contribution in [2.24, 2.45) is 10.7 Å². The number of aliphatic hydroxyl groups is 1. The first-order valence-corrected chi connectivity index (χ1v) is 12.8. The highest BCUT2D eigenvalue weighted by molar-refractivity contribution is 5.99. The summed E-state index contributed by atoms with van der Waals surface area (Å²) < 4.78 is 11.6. The van der Waals surface area contributed by atoms with Crippen molar-refractivity contribution >= 4 is 17.8 Å². The number of para-hydroxylation sites is 1. The molecule has 0 fully saturated rings.